The van der Waals surface area contributed by atoms with Gasteiger partial charge in [-0.15, -0.1) is 0 Å². The molecule has 6 nitrogen and oxygen atoms in total. The summed E-state index contributed by atoms with van der Waals surface area (Å²) in [6.07, 6.45) is 1.36. The fourth-order valence-electron chi connectivity index (χ4n) is 2.75. The molecule has 28 heavy (non-hydrogen) atoms. The molecule has 0 radical (unpaired) electrons. The molecule has 0 atom stereocenters. The van der Waals surface area contributed by atoms with Crippen LogP contribution in [0.1, 0.15) is 23.2 Å². The van der Waals surface area contributed by atoms with Crippen LogP contribution in [0.5, 0.6) is 5.75 Å². The molecule has 2 aromatic rings. The quantitative estimate of drug-likeness (QED) is 0.477. The zero-order valence-corrected chi connectivity index (χ0v) is 16.4. The Hall–Kier alpha value is -2.74. The summed E-state index contributed by atoms with van der Waals surface area (Å²) in [7, 11) is 0. The first-order valence-electron chi connectivity index (χ1n) is 8.61. The summed E-state index contributed by atoms with van der Waals surface area (Å²) in [6, 6.07) is 10.4. The van der Waals surface area contributed by atoms with Gasteiger partial charge >= 0.3 is 5.97 Å². The van der Waals surface area contributed by atoms with Crippen molar-refractivity contribution in [1.29, 1.82) is 0 Å². The Balaban J connectivity index is 1.48. The largest absolute Gasteiger partial charge is 0.481 e. The molecule has 146 valence electrons. The number of esters is 1. The van der Waals surface area contributed by atoms with E-state index in [9.17, 15) is 18.8 Å². The minimum Gasteiger partial charge on any atom is -0.481 e. The van der Waals surface area contributed by atoms with Gasteiger partial charge in [0, 0.05) is 24.2 Å². The summed E-state index contributed by atoms with van der Waals surface area (Å²) in [5, 5.41) is 0. The maximum atomic E-state index is 13.0. The van der Waals surface area contributed by atoms with Gasteiger partial charge in [0.05, 0.1) is 4.47 Å². The van der Waals surface area contributed by atoms with Crippen molar-refractivity contribution < 1.29 is 28.2 Å². The zero-order chi connectivity index (χ0) is 20.1. The molecule has 1 amide bonds. The third kappa shape index (κ3) is 4.95. The third-order valence-electron chi connectivity index (χ3n) is 4.18. The highest BCUT2D eigenvalue weighted by atomic mass is 79.9. The second-order valence-corrected chi connectivity index (χ2v) is 7.00. The number of Topliss-reactive ketones (excluding diaryl/α,β-unsaturated/α-hetero) is 1. The molecule has 2 aromatic carbocycles. The summed E-state index contributed by atoms with van der Waals surface area (Å²) in [6.45, 7) is -0.157. The SMILES string of the molecule is O=C(COc1ccc(F)cc1Br)OCC(=O)c1ccc(N2CCCC2=O)cc1. The number of rotatable bonds is 7. The van der Waals surface area contributed by atoms with Crippen molar-refractivity contribution in [1.82, 2.24) is 0 Å². The molecule has 1 fully saturated rings. The lowest BCUT2D eigenvalue weighted by molar-refractivity contribution is -0.144. The average molecular weight is 450 g/mol. The second-order valence-electron chi connectivity index (χ2n) is 6.14. The van der Waals surface area contributed by atoms with Crippen molar-refractivity contribution in [3.8, 4) is 5.75 Å². The molecule has 3 rings (SSSR count). The van der Waals surface area contributed by atoms with Crippen molar-refractivity contribution in [3.63, 3.8) is 0 Å². The molecule has 0 bridgehead atoms. The Morgan fingerprint density at radius 2 is 1.86 bits per heavy atom. The summed E-state index contributed by atoms with van der Waals surface area (Å²) < 4.78 is 23.5. The molecule has 1 aliphatic heterocycles. The Labute approximate surface area is 169 Å². The molecule has 0 spiro atoms. The fourth-order valence-corrected chi connectivity index (χ4v) is 3.21. The van der Waals surface area contributed by atoms with Crippen molar-refractivity contribution >= 4 is 39.3 Å². The van der Waals surface area contributed by atoms with E-state index in [0.29, 0.717) is 23.0 Å². The average Bonchev–Trinajstić information content (AvgIpc) is 3.11. The Morgan fingerprint density at radius 3 is 2.50 bits per heavy atom. The van der Waals surface area contributed by atoms with E-state index in [-0.39, 0.29) is 17.4 Å². The molecule has 1 aliphatic rings. The number of carbonyl (C=O) groups is 3. The molecule has 1 heterocycles. The Bertz CT molecular complexity index is 900. The minimum absolute atomic E-state index is 0.0702. The van der Waals surface area contributed by atoms with Crippen LogP contribution in [-0.4, -0.2) is 37.4 Å². The first-order chi connectivity index (χ1) is 13.4. The highest BCUT2D eigenvalue weighted by molar-refractivity contribution is 9.10. The molecule has 1 saturated heterocycles. The summed E-state index contributed by atoms with van der Waals surface area (Å²) in [5.41, 5.74) is 1.12. The standard InChI is InChI=1S/C20H17BrFNO5/c21-16-10-14(22)5-8-18(16)27-12-20(26)28-11-17(24)13-3-6-15(7-4-13)23-9-1-2-19(23)25/h3-8,10H,1-2,9,11-12H2. The van der Waals surface area contributed by atoms with Crippen LogP contribution in [0.3, 0.4) is 0 Å². The zero-order valence-electron chi connectivity index (χ0n) is 14.8. The van der Waals surface area contributed by atoms with Crippen LogP contribution >= 0.6 is 15.9 Å². The molecular formula is C20H17BrFNO5. The predicted octanol–water partition coefficient (Wildman–Crippen LogP) is 3.52. The number of amides is 1. The van der Waals surface area contributed by atoms with Crippen LogP contribution in [0.25, 0.3) is 0 Å². The lowest BCUT2D eigenvalue weighted by Crippen LogP contribution is -2.23. The van der Waals surface area contributed by atoms with E-state index in [1.807, 2.05) is 0 Å². The van der Waals surface area contributed by atoms with Gasteiger partial charge < -0.3 is 14.4 Å². The van der Waals surface area contributed by atoms with E-state index in [2.05, 4.69) is 15.9 Å². The van der Waals surface area contributed by atoms with E-state index in [4.69, 9.17) is 9.47 Å². The number of benzene rings is 2. The van der Waals surface area contributed by atoms with Crippen molar-refractivity contribution in [2.45, 2.75) is 12.8 Å². The number of carbonyl (C=O) groups excluding carboxylic acids is 3. The number of ether oxygens (including phenoxy) is 2. The maximum Gasteiger partial charge on any atom is 0.344 e. The predicted molar refractivity (Wildman–Crippen MR) is 103 cm³/mol. The first-order valence-corrected chi connectivity index (χ1v) is 9.40. The van der Waals surface area contributed by atoms with Gasteiger partial charge in [0.25, 0.3) is 0 Å². The van der Waals surface area contributed by atoms with E-state index < -0.39 is 25.0 Å². The molecule has 0 N–H and O–H groups in total. The second kappa shape index (κ2) is 8.97. The molecule has 0 unspecified atom stereocenters. The van der Waals surface area contributed by atoms with Gasteiger partial charge in [0.15, 0.2) is 19.0 Å². The Kier molecular flexibility index (Phi) is 6.41. The number of halogens is 2. The van der Waals surface area contributed by atoms with E-state index >= 15 is 0 Å². The molecule has 0 saturated carbocycles. The van der Waals surface area contributed by atoms with Gasteiger partial charge in [-0.1, -0.05) is 0 Å². The van der Waals surface area contributed by atoms with E-state index in [1.165, 1.54) is 18.2 Å². The summed E-state index contributed by atoms with van der Waals surface area (Å²) in [5.74, 6) is -1.16. The van der Waals surface area contributed by atoms with Crippen molar-refractivity contribution in [3.05, 3.63) is 58.3 Å². The molecule has 0 aliphatic carbocycles. The van der Waals surface area contributed by atoms with Crippen LogP contribution in [0.2, 0.25) is 0 Å². The highest BCUT2D eigenvalue weighted by Gasteiger charge is 2.21. The minimum atomic E-state index is -0.719. The number of anilines is 1. The normalized spacial score (nSPS) is 13.5. The van der Waals surface area contributed by atoms with Gasteiger partial charge in [0.2, 0.25) is 5.91 Å². The van der Waals surface area contributed by atoms with Gasteiger partial charge in [-0.2, -0.15) is 0 Å². The lowest BCUT2D eigenvalue weighted by Gasteiger charge is -2.15. The van der Waals surface area contributed by atoms with Gasteiger partial charge in [-0.3, -0.25) is 9.59 Å². The monoisotopic (exact) mass is 449 g/mol. The first kappa shape index (κ1) is 20.0. The van der Waals surface area contributed by atoms with Crippen LogP contribution < -0.4 is 9.64 Å². The maximum absolute atomic E-state index is 13.0. The summed E-state index contributed by atoms with van der Waals surface area (Å²) >= 11 is 3.13. The number of hydrogen-bond donors (Lipinski definition) is 0. The molecule has 8 heteroatoms. The third-order valence-corrected chi connectivity index (χ3v) is 4.80. The smallest absolute Gasteiger partial charge is 0.344 e. The van der Waals surface area contributed by atoms with Gasteiger partial charge in [0.1, 0.15) is 11.6 Å². The van der Waals surface area contributed by atoms with Crippen molar-refractivity contribution in [2.24, 2.45) is 0 Å². The number of nitrogens with zero attached hydrogens (tertiary/aromatic N) is 1. The van der Waals surface area contributed by atoms with Crippen LogP contribution in [0.15, 0.2) is 46.9 Å². The number of hydrogen-bond acceptors (Lipinski definition) is 5. The number of ketones is 1. The van der Waals surface area contributed by atoms with Crippen LogP contribution in [0, 0.1) is 5.82 Å². The highest BCUT2D eigenvalue weighted by Crippen LogP contribution is 2.25. The Morgan fingerprint density at radius 1 is 1.11 bits per heavy atom. The van der Waals surface area contributed by atoms with Crippen LogP contribution in [0.4, 0.5) is 10.1 Å². The fraction of sp³-hybridized carbons (Fsp3) is 0.250. The molecule has 0 aromatic heterocycles. The van der Waals surface area contributed by atoms with Gasteiger partial charge in [-0.05, 0) is 64.8 Å². The van der Waals surface area contributed by atoms with Crippen molar-refractivity contribution in [2.75, 3.05) is 24.7 Å². The topological polar surface area (TPSA) is 72.9 Å². The van der Waals surface area contributed by atoms with Gasteiger partial charge in [-0.25, -0.2) is 9.18 Å². The van der Waals surface area contributed by atoms with Crippen LogP contribution in [-0.2, 0) is 14.3 Å². The van der Waals surface area contributed by atoms with E-state index in [1.54, 1.807) is 29.2 Å². The molecular weight excluding hydrogens is 433 g/mol. The van der Waals surface area contributed by atoms with E-state index in [0.717, 1.165) is 12.1 Å². The summed E-state index contributed by atoms with van der Waals surface area (Å²) in [4.78, 5) is 37.3. The lowest BCUT2D eigenvalue weighted by atomic mass is 10.1.